The lowest BCUT2D eigenvalue weighted by Gasteiger charge is -2.33. The summed E-state index contributed by atoms with van der Waals surface area (Å²) in [7, 11) is -0.954. The Hall–Kier alpha value is 0.177. The highest BCUT2D eigenvalue weighted by atomic mass is 28.3. The van der Waals surface area contributed by atoms with E-state index in [1.54, 1.807) is 0 Å². The molecule has 1 aliphatic heterocycles. The molecule has 10 heavy (non-hydrogen) atoms. The van der Waals surface area contributed by atoms with Crippen LogP contribution in [0.2, 0.25) is 19.6 Å². The Labute approximate surface area is 65.5 Å². The van der Waals surface area contributed by atoms with Crippen molar-refractivity contribution < 1.29 is 0 Å². The van der Waals surface area contributed by atoms with Gasteiger partial charge in [0, 0.05) is 6.04 Å². The molecule has 1 unspecified atom stereocenters. The van der Waals surface area contributed by atoms with Gasteiger partial charge in [0.25, 0.3) is 0 Å². The van der Waals surface area contributed by atoms with Gasteiger partial charge < -0.3 is 4.57 Å². The predicted molar refractivity (Wildman–Crippen MR) is 48.7 cm³/mol. The van der Waals surface area contributed by atoms with Crippen LogP contribution in [0.3, 0.4) is 0 Å². The summed E-state index contributed by atoms with van der Waals surface area (Å²) in [5.74, 6) is 0. The molecule has 0 radical (unpaired) electrons. The van der Waals surface area contributed by atoms with Crippen molar-refractivity contribution in [3.8, 4) is 0 Å². The van der Waals surface area contributed by atoms with Crippen LogP contribution in [0.15, 0.2) is 0 Å². The van der Waals surface area contributed by atoms with Crippen molar-refractivity contribution >= 4 is 8.24 Å². The van der Waals surface area contributed by atoms with Gasteiger partial charge in [-0.2, -0.15) is 0 Å². The van der Waals surface area contributed by atoms with Crippen molar-refractivity contribution in [3.05, 3.63) is 0 Å². The molecule has 0 amide bonds. The van der Waals surface area contributed by atoms with E-state index < -0.39 is 8.24 Å². The average Bonchev–Trinajstić information content (AvgIpc) is 2.11. The van der Waals surface area contributed by atoms with Gasteiger partial charge in [0.2, 0.25) is 0 Å². The van der Waals surface area contributed by atoms with Crippen molar-refractivity contribution in [3.63, 3.8) is 0 Å². The third-order valence-corrected chi connectivity index (χ3v) is 4.80. The highest BCUT2D eigenvalue weighted by Gasteiger charge is 2.30. The molecule has 60 valence electrons. The van der Waals surface area contributed by atoms with E-state index in [9.17, 15) is 0 Å². The van der Waals surface area contributed by atoms with Gasteiger partial charge >= 0.3 is 0 Å². The number of hydrogen-bond acceptors (Lipinski definition) is 1. The third kappa shape index (κ3) is 1.61. The van der Waals surface area contributed by atoms with Crippen LogP contribution in [0, 0.1) is 0 Å². The summed E-state index contributed by atoms with van der Waals surface area (Å²) in [5, 5.41) is 0. The van der Waals surface area contributed by atoms with Crippen molar-refractivity contribution in [2.24, 2.45) is 0 Å². The molecule has 1 aliphatic rings. The van der Waals surface area contributed by atoms with E-state index >= 15 is 0 Å². The lowest BCUT2D eigenvalue weighted by molar-refractivity contribution is 0.419. The number of hydrogen-bond donors (Lipinski definition) is 0. The average molecular weight is 157 g/mol. The molecule has 0 bridgehead atoms. The minimum atomic E-state index is -0.954. The molecule has 1 rings (SSSR count). The molecule has 0 N–H and O–H groups in total. The Balaban J connectivity index is 2.55. The smallest absolute Gasteiger partial charge is 0.119 e. The van der Waals surface area contributed by atoms with Gasteiger partial charge in [0.05, 0.1) is 0 Å². The van der Waals surface area contributed by atoms with E-state index in [0.717, 1.165) is 6.04 Å². The molecule has 0 aromatic heterocycles. The lowest BCUT2D eigenvalue weighted by atomic mass is 10.3. The van der Waals surface area contributed by atoms with E-state index in [2.05, 4.69) is 31.1 Å². The topological polar surface area (TPSA) is 3.24 Å². The molecular formula is C8H19NSi. The van der Waals surface area contributed by atoms with Crippen molar-refractivity contribution in [1.29, 1.82) is 0 Å². The summed E-state index contributed by atoms with van der Waals surface area (Å²) in [6, 6.07) is 0.867. The second kappa shape index (κ2) is 2.66. The lowest BCUT2D eigenvalue weighted by Crippen LogP contribution is -2.47. The van der Waals surface area contributed by atoms with E-state index in [1.165, 1.54) is 19.4 Å². The summed E-state index contributed by atoms with van der Waals surface area (Å²) >= 11 is 0. The molecule has 1 heterocycles. The molecule has 0 aliphatic carbocycles. The van der Waals surface area contributed by atoms with Crippen LogP contribution in [0.1, 0.15) is 19.8 Å². The van der Waals surface area contributed by atoms with Crippen LogP contribution < -0.4 is 0 Å². The van der Waals surface area contributed by atoms with E-state index in [-0.39, 0.29) is 0 Å². The van der Waals surface area contributed by atoms with E-state index in [4.69, 9.17) is 0 Å². The van der Waals surface area contributed by atoms with Crippen LogP contribution in [-0.4, -0.2) is 25.4 Å². The maximum absolute atomic E-state index is 2.73. The Morgan fingerprint density at radius 1 is 1.30 bits per heavy atom. The molecule has 0 aromatic carbocycles. The maximum atomic E-state index is 2.73. The van der Waals surface area contributed by atoms with Crippen LogP contribution in [0.25, 0.3) is 0 Å². The fraction of sp³-hybridized carbons (Fsp3) is 1.00. The van der Waals surface area contributed by atoms with Gasteiger partial charge in [0.15, 0.2) is 0 Å². The van der Waals surface area contributed by atoms with Gasteiger partial charge in [-0.1, -0.05) is 26.6 Å². The Morgan fingerprint density at radius 2 is 1.90 bits per heavy atom. The Bertz CT molecular complexity index is 117. The molecule has 1 saturated heterocycles. The minimum Gasteiger partial charge on any atom is -0.321 e. The van der Waals surface area contributed by atoms with Crippen LogP contribution >= 0.6 is 0 Å². The largest absolute Gasteiger partial charge is 0.321 e. The van der Waals surface area contributed by atoms with Crippen LogP contribution in [0.5, 0.6) is 0 Å². The highest BCUT2D eigenvalue weighted by Crippen LogP contribution is 2.23. The first-order valence-corrected chi connectivity index (χ1v) is 7.73. The summed E-state index contributed by atoms with van der Waals surface area (Å²) in [6.45, 7) is 11.0. The number of rotatable bonds is 1. The molecule has 1 fully saturated rings. The first-order valence-electron chi connectivity index (χ1n) is 4.28. The van der Waals surface area contributed by atoms with E-state index in [1.807, 2.05) is 0 Å². The van der Waals surface area contributed by atoms with Crippen LogP contribution in [-0.2, 0) is 0 Å². The second-order valence-corrected chi connectivity index (χ2v) is 9.27. The summed E-state index contributed by atoms with van der Waals surface area (Å²) in [4.78, 5) is 0. The quantitative estimate of drug-likeness (QED) is 0.528. The highest BCUT2D eigenvalue weighted by molar-refractivity contribution is 6.73. The zero-order valence-corrected chi connectivity index (χ0v) is 8.65. The van der Waals surface area contributed by atoms with Crippen molar-refractivity contribution in [2.45, 2.75) is 45.4 Å². The van der Waals surface area contributed by atoms with Gasteiger partial charge in [-0.3, -0.25) is 0 Å². The number of nitrogens with zero attached hydrogens (tertiary/aromatic N) is 1. The zero-order chi connectivity index (χ0) is 7.78. The maximum Gasteiger partial charge on any atom is 0.119 e. The van der Waals surface area contributed by atoms with Crippen molar-refractivity contribution in [1.82, 2.24) is 4.57 Å². The fourth-order valence-electron chi connectivity index (χ4n) is 1.93. The van der Waals surface area contributed by atoms with Crippen LogP contribution in [0.4, 0.5) is 0 Å². The third-order valence-electron chi connectivity index (χ3n) is 2.41. The summed E-state index contributed by atoms with van der Waals surface area (Å²) in [6.07, 6.45) is 2.84. The summed E-state index contributed by atoms with van der Waals surface area (Å²) < 4.78 is 2.73. The molecule has 1 nitrogen and oxygen atoms in total. The van der Waals surface area contributed by atoms with Gasteiger partial charge in [-0.05, 0) is 19.4 Å². The zero-order valence-electron chi connectivity index (χ0n) is 7.65. The van der Waals surface area contributed by atoms with Crippen molar-refractivity contribution in [2.75, 3.05) is 6.54 Å². The monoisotopic (exact) mass is 157 g/mol. The second-order valence-electron chi connectivity index (χ2n) is 4.36. The van der Waals surface area contributed by atoms with Gasteiger partial charge in [-0.15, -0.1) is 0 Å². The first kappa shape index (κ1) is 8.28. The fourth-order valence-corrected chi connectivity index (χ4v) is 4.21. The standard InChI is InChI=1S/C8H19NSi/c1-8-6-5-7-9(8)10(2,3)4/h8H,5-7H2,1-4H3. The summed E-state index contributed by atoms with van der Waals surface area (Å²) in [5.41, 5.74) is 0. The van der Waals surface area contributed by atoms with E-state index in [0.29, 0.717) is 0 Å². The molecule has 0 spiro atoms. The minimum absolute atomic E-state index is 0.867. The normalized spacial score (nSPS) is 29.4. The van der Waals surface area contributed by atoms with Gasteiger partial charge in [0.1, 0.15) is 8.24 Å². The Morgan fingerprint density at radius 3 is 2.10 bits per heavy atom. The molecule has 1 atom stereocenters. The Kier molecular flexibility index (Phi) is 2.20. The SMILES string of the molecule is CC1CCCN1[Si](C)(C)C. The molecule has 0 saturated carbocycles. The molecule has 0 aromatic rings. The first-order chi connectivity index (χ1) is 4.52. The molecular weight excluding hydrogens is 138 g/mol. The van der Waals surface area contributed by atoms with Gasteiger partial charge in [-0.25, -0.2) is 0 Å². The molecule has 2 heteroatoms. The predicted octanol–water partition coefficient (Wildman–Crippen LogP) is 2.31.